The minimum atomic E-state index is 0.0958. The lowest BCUT2D eigenvalue weighted by Gasteiger charge is -2.04. The van der Waals surface area contributed by atoms with E-state index in [1.807, 2.05) is 25.2 Å². The van der Waals surface area contributed by atoms with Crippen molar-refractivity contribution in [1.82, 2.24) is 9.55 Å². The first-order chi connectivity index (χ1) is 7.99. The highest BCUT2D eigenvalue weighted by Crippen LogP contribution is 2.19. The lowest BCUT2D eigenvalue weighted by Crippen LogP contribution is -2.02. The predicted octanol–water partition coefficient (Wildman–Crippen LogP) is 2.97. The molecule has 0 unspecified atom stereocenters. The number of benzene rings is 1. The van der Waals surface area contributed by atoms with Crippen LogP contribution in [0, 0.1) is 5.92 Å². The number of fused-ring (bicyclic) bond motifs is 1. The smallest absolute Gasteiger partial charge is 0.159 e. The minimum Gasteiger partial charge on any atom is -0.331 e. The van der Waals surface area contributed by atoms with E-state index in [1.165, 1.54) is 0 Å². The molecule has 90 valence electrons. The third-order valence-corrected chi connectivity index (χ3v) is 2.97. The lowest BCUT2D eigenvalue weighted by atomic mass is 10.1. The fourth-order valence-electron chi connectivity index (χ4n) is 2.01. The number of carbonyl (C=O) groups excluding carboxylic acids is 1. The van der Waals surface area contributed by atoms with Gasteiger partial charge < -0.3 is 4.57 Å². The zero-order chi connectivity index (χ0) is 12.6. The highest BCUT2D eigenvalue weighted by molar-refractivity contribution is 5.97. The van der Waals surface area contributed by atoms with Crippen molar-refractivity contribution < 1.29 is 4.79 Å². The van der Waals surface area contributed by atoms with Crippen LogP contribution in [0.2, 0.25) is 0 Å². The summed E-state index contributed by atoms with van der Waals surface area (Å²) >= 11 is 0. The Bertz CT molecular complexity index is 567. The Kier molecular flexibility index (Phi) is 3.01. The molecule has 0 radical (unpaired) electrons. The molecule has 1 heterocycles. The molecule has 3 nitrogen and oxygen atoms in total. The van der Waals surface area contributed by atoms with Crippen LogP contribution in [-0.4, -0.2) is 15.3 Å². The van der Waals surface area contributed by atoms with Gasteiger partial charge in [0, 0.05) is 19.0 Å². The van der Waals surface area contributed by atoms with Crippen LogP contribution in [0.15, 0.2) is 18.2 Å². The van der Waals surface area contributed by atoms with E-state index >= 15 is 0 Å². The number of hydrogen-bond acceptors (Lipinski definition) is 2. The molecule has 0 atom stereocenters. The van der Waals surface area contributed by atoms with Crippen LogP contribution in [0.5, 0.6) is 0 Å². The second kappa shape index (κ2) is 4.32. The quantitative estimate of drug-likeness (QED) is 0.760. The van der Waals surface area contributed by atoms with Gasteiger partial charge in [0.2, 0.25) is 0 Å². The third-order valence-electron chi connectivity index (χ3n) is 2.97. The average molecular weight is 230 g/mol. The Morgan fingerprint density at radius 2 is 2.12 bits per heavy atom. The first kappa shape index (κ1) is 11.8. The summed E-state index contributed by atoms with van der Waals surface area (Å²) in [6.45, 7) is 5.95. The monoisotopic (exact) mass is 230 g/mol. The van der Waals surface area contributed by atoms with Crippen molar-refractivity contribution in [2.24, 2.45) is 13.0 Å². The Labute approximate surface area is 101 Å². The molecule has 0 aliphatic rings. The van der Waals surface area contributed by atoms with Gasteiger partial charge in [-0.05, 0) is 31.0 Å². The molecule has 0 spiro atoms. The Balaban J connectivity index is 2.54. The van der Waals surface area contributed by atoms with E-state index in [9.17, 15) is 4.79 Å². The topological polar surface area (TPSA) is 34.9 Å². The first-order valence-corrected chi connectivity index (χ1v) is 5.95. The van der Waals surface area contributed by atoms with Gasteiger partial charge in [0.15, 0.2) is 5.78 Å². The standard InChI is InChI=1S/C14H18N2O/c1-9(2)7-14-15-12-6-5-11(10(3)17)8-13(12)16(14)4/h5-6,8-9H,7H2,1-4H3. The number of imidazole rings is 1. The van der Waals surface area contributed by atoms with Crippen LogP contribution in [0.25, 0.3) is 11.0 Å². The van der Waals surface area contributed by atoms with Gasteiger partial charge in [0.25, 0.3) is 0 Å². The zero-order valence-corrected chi connectivity index (χ0v) is 10.8. The fourth-order valence-corrected chi connectivity index (χ4v) is 2.01. The summed E-state index contributed by atoms with van der Waals surface area (Å²) < 4.78 is 2.09. The van der Waals surface area contributed by atoms with Gasteiger partial charge in [-0.25, -0.2) is 4.98 Å². The Morgan fingerprint density at radius 1 is 1.41 bits per heavy atom. The summed E-state index contributed by atoms with van der Waals surface area (Å²) in [4.78, 5) is 16.0. The van der Waals surface area contributed by atoms with Gasteiger partial charge in [-0.2, -0.15) is 0 Å². The largest absolute Gasteiger partial charge is 0.331 e. The zero-order valence-electron chi connectivity index (χ0n) is 10.8. The highest BCUT2D eigenvalue weighted by Gasteiger charge is 2.10. The number of aromatic nitrogens is 2. The van der Waals surface area contributed by atoms with Crippen molar-refractivity contribution in [2.75, 3.05) is 0 Å². The van der Waals surface area contributed by atoms with Crippen LogP contribution in [0.4, 0.5) is 0 Å². The Hall–Kier alpha value is -1.64. The average Bonchev–Trinajstić information content (AvgIpc) is 2.55. The van der Waals surface area contributed by atoms with Crippen molar-refractivity contribution in [3.8, 4) is 0 Å². The normalized spacial score (nSPS) is 11.4. The molecule has 0 aliphatic carbocycles. The first-order valence-electron chi connectivity index (χ1n) is 5.95. The molecule has 1 aromatic heterocycles. The van der Waals surface area contributed by atoms with Crippen molar-refractivity contribution >= 4 is 16.8 Å². The van der Waals surface area contributed by atoms with Crippen molar-refractivity contribution in [2.45, 2.75) is 27.2 Å². The molecule has 0 saturated heterocycles. The van der Waals surface area contributed by atoms with E-state index in [1.54, 1.807) is 6.92 Å². The minimum absolute atomic E-state index is 0.0958. The molecular weight excluding hydrogens is 212 g/mol. The van der Waals surface area contributed by atoms with Gasteiger partial charge in [-0.15, -0.1) is 0 Å². The maximum atomic E-state index is 11.4. The SMILES string of the molecule is CC(=O)c1ccc2nc(CC(C)C)n(C)c2c1. The fraction of sp³-hybridized carbons (Fsp3) is 0.429. The second-order valence-electron chi connectivity index (χ2n) is 4.94. The molecule has 1 aromatic carbocycles. The molecule has 0 fully saturated rings. The maximum Gasteiger partial charge on any atom is 0.159 e. The summed E-state index contributed by atoms with van der Waals surface area (Å²) in [6.07, 6.45) is 0.959. The molecule has 0 amide bonds. The Morgan fingerprint density at radius 3 is 2.71 bits per heavy atom. The molecule has 0 bridgehead atoms. The van der Waals surface area contributed by atoms with E-state index in [4.69, 9.17) is 0 Å². The van der Waals surface area contributed by atoms with Gasteiger partial charge >= 0.3 is 0 Å². The number of nitrogens with zero attached hydrogens (tertiary/aromatic N) is 2. The van der Waals surface area contributed by atoms with Gasteiger partial charge in [-0.1, -0.05) is 13.8 Å². The summed E-state index contributed by atoms with van der Waals surface area (Å²) in [5, 5.41) is 0. The van der Waals surface area contributed by atoms with E-state index in [0.29, 0.717) is 5.92 Å². The number of rotatable bonds is 3. The molecule has 2 rings (SSSR count). The van der Waals surface area contributed by atoms with E-state index < -0.39 is 0 Å². The number of Topliss-reactive ketones (excluding diaryl/α,β-unsaturated/α-hetero) is 1. The second-order valence-corrected chi connectivity index (χ2v) is 4.94. The van der Waals surface area contributed by atoms with Crippen molar-refractivity contribution in [3.05, 3.63) is 29.6 Å². The summed E-state index contributed by atoms with van der Waals surface area (Å²) in [6, 6.07) is 5.70. The van der Waals surface area contributed by atoms with Crippen LogP contribution < -0.4 is 0 Å². The number of carbonyl (C=O) groups is 1. The third kappa shape index (κ3) is 2.23. The molecule has 0 aliphatic heterocycles. The highest BCUT2D eigenvalue weighted by atomic mass is 16.1. The summed E-state index contributed by atoms with van der Waals surface area (Å²) in [5.41, 5.74) is 2.75. The predicted molar refractivity (Wildman–Crippen MR) is 69.3 cm³/mol. The lowest BCUT2D eigenvalue weighted by molar-refractivity contribution is 0.101. The van der Waals surface area contributed by atoms with Crippen LogP contribution >= 0.6 is 0 Å². The molecule has 0 N–H and O–H groups in total. The van der Waals surface area contributed by atoms with E-state index in [-0.39, 0.29) is 5.78 Å². The van der Waals surface area contributed by atoms with Crippen molar-refractivity contribution in [1.29, 1.82) is 0 Å². The molecule has 0 saturated carbocycles. The van der Waals surface area contributed by atoms with Gasteiger partial charge in [-0.3, -0.25) is 4.79 Å². The number of hydrogen-bond donors (Lipinski definition) is 0. The van der Waals surface area contributed by atoms with Gasteiger partial charge in [0.05, 0.1) is 11.0 Å². The molecule has 17 heavy (non-hydrogen) atoms. The molecular formula is C14H18N2O. The summed E-state index contributed by atoms with van der Waals surface area (Å²) in [7, 11) is 2.01. The summed E-state index contributed by atoms with van der Waals surface area (Å²) in [5.74, 6) is 1.76. The maximum absolute atomic E-state index is 11.4. The van der Waals surface area contributed by atoms with Crippen molar-refractivity contribution in [3.63, 3.8) is 0 Å². The van der Waals surface area contributed by atoms with E-state index in [2.05, 4.69) is 23.4 Å². The van der Waals surface area contributed by atoms with Crippen LogP contribution in [-0.2, 0) is 13.5 Å². The van der Waals surface area contributed by atoms with Crippen LogP contribution in [0.3, 0.4) is 0 Å². The van der Waals surface area contributed by atoms with Gasteiger partial charge in [0.1, 0.15) is 5.82 Å². The molecule has 3 heteroatoms. The number of ketones is 1. The van der Waals surface area contributed by atoms with E-state index in [0.717, 1.165) is 28.8 Å². The number of aryl methyl sites for hydroxylation is 1. The van der Waals surface area contributed by atoms with Crippen LogP contribution in [0.1, 0.15) is 37.0 Å². The molecule has 2 aromatic rings.